The van der Waals surface area contributed by atoms with Gasteiger partial charge < -0.3 is 23.9 Å². The molecule has 4 aromatic rings. The monoisotopic (exact) mass is 717 g/mol. The molecule has 3 aromatic carbocycles. The minimum atomic E-state index is -0.915. The number of para-hydroxylation sites is 2. The summed E-state index contributed by atoms with van der Waals surface area (Å²) in [5, 5.41) is 7.47. The van der Waals surface area contributed by atoms with Crippen molar-refractivity contribution in [3.63, 3.8) is 0 Å². The maximum atomic E-state index is 15.1. The number of anilines is 1. The van der Waals surface area contributed by atoms with Gasteiger partial charge in [-0.15, -0.1) is 0 Å². The van der Waals surface area contributed by atoms with Crippen molar-refractivity contribution < 1.29 is 42.3 Å². The van der Waals surface area contributed by atoms with Crippen molar-refractivity contribution >= 4 is 63.9 Å². The van der Waals surface area contributed by atoms with E-state index in [4.69, 9.17) is 58.7 Å². The van der Waals surface area contributed by atoms with Crippen molar-refractivity contribution in [2.24, 2.45) is 10.3 Å². The first kappa shape index (κ1) is 34.0. The highest BCUT2D eigenvalue weighted by molar-refractivity contribution is 6.62. The van der Waals surface area contributed by atoms with Crippen LogP contribution in [0.2, 0.25) is 5.02 Å². The minimum absolute atomic E-state index is 0.0973. The molecule has 0 saturated carbocycles. The summed E-state index contributed by atoms with van der Waals surface area (Å²) in [7, 11) is 1.37. The number of carbonyl (C=O) groups excluding carboxylic acids is 2. The van der Waals surface area contributed by atoms with Crippen LogP contribution in [0.25, 0.3) is 0 Å². The summed E-state index contributed by atoms with van der Waals surface area (Å²) < 4.78 is 44.5. The maximum absolute atomic E-state index is 15.1. The molecule has 12 nitrogen and oxygen atoms in total. The zero-order chi connectivity index (χ0) is 34.2. The SMILES string of the molecule is CO/N=C(/C1=NOCCO1)c1ccccc1Oc1ncnc(Oc2ccccc2Cl)c1F.O=C1C(Cl)=C(Cl)C(=O)N1c1ccc(F)cc1. The lowest BCUT2D eigenvalue weighted by atomic mass is 10.1. The molecule has 17 heteroatoms. The van der Waals surface area contributed by atoms with Crippen LogP contribution in [-0.4, -0.2) is 53.7 Å². The van der Waals surface area contributed by atoms with Crippen molar-refractivity contribution in [3.8, 4) is 23.3 Å². The van der Waals surface area contributed by atoms with E-state index in [0.717, 1.165) is 23.4 Å². The summed E-state index contributed by atoms with van der Waals surface area (Å²) in [6.07, 6.45) is 1.11. The van der Waals surface area contributed by atoms with Gasteiger partial charge in [-0.25, -0.2) is 9.29 Å². The third kappa shape index (κ3) is 7.62. The molecular formula is C31H20Cl3F2N5O7. The fourth-order valence-electron chi connectivity index (χ4n) is 3.98. The molecule has 0 radical (unpaired) electrons. The first-order chi connectivity index (χ1) is 23.2. The number of aromatic nitrogens is 2. The Morgan fingerprint density at radius 3 is 2.04 bits per heavy atom. The van der Waals surface area contributed by atoms with Gasteiger partial charge in [-0.05, 0) is 53.7 Å². The van der Waals surface area contributed by atoms with E-state index in [0.29, 0.717) is 17.2 Å². The lowest BCUT2D eigenvalue weighted by Gasteiger charge is -2.17. The summed E-state index contributed by atoms with van der Waals surface area (Å²) >= 11 is 17.2. The second-order valence-electron chi connectivity index (χ2n) is 9.18. The third-order valence-electron chi connectivity index (χ3n) is 6.12. The Morgan fingerprint density at radius 2 is 1.44 bits per heavy atom. The number of oxime groups is 2. The zero-order valence-electron chi connectivity index (χ0n) is 24.4. The van der Waals surface area contributed by atoms with E-state index >= 15 is 4.39 Å². The van der Waals surface area contributed by atoms with E-state index in [1.54, 1.807) is 48.5 Å². The molecule has 6 rings (SSSR count). The van der Waals surface area contributed by atoms with Crippen molar-refractivity contribution in [2.75, 3.05) is 25.2 Å². The normalized spacial score (nSPS) is 14.4. The van der Waals surface area contributed by atoms with Crippen molar-refractivity contribution in [3.05, 3.63) is 111 Å². The van der Waals surface area contributed by atoms with Crippen LogP contribution in [0.1, 0.15) is 5.56 Å². The molecule has 0 fully saturated rings. The number of carbonyl (C=O) groups is 2. The van der Waals surface area contributed by atoms with Crippen LogP contribution in [0.3, 0.4) is 0 Å². The second-order valence-corrected chi connectivity index (χ2v) is 10.3. The molecule has 0 spiro atoms. The number of imide groups is 1. The van der Waals surface area contributed by atoms with Gasteiger partial charge in [-0.3, -0.25) is 9.59 Å². The van der Waals surface area contributed by atoms with Gasteiger partial charge in [0.2, 0.25) is 5.82 Å². The molecule has 0 N–H and O–H groups in total. The number of nitrogens with zero attached hydrogens (tertiary/aromatic N) is 5. The van der Waals surface area contributed by atoms with Gasteiger partial charge in [-0.2, -0.15) is 14.4 Å². The van der Waals surface area contributed by atoms with E-state index in [2.05, 4.69) is 20.3 Å². The van der Waals surface area contributed by atoms with Crippen LogP contribution in [0.5, 0.6) is 23.3 Å². The first-order valence-corrected chi connectivity index (χ1v) is 14.7. The van der Waals surface area contributed by atoms with Crippen LogP contribution in [0, 0.1) is 11.6 Å². The summed E-state index contributed by atoms with van der Waals surface area (Å²) in [5.74, 6) is -2.96. The third-order valence-corrected chi connectivity index (χ3v) is 7.23. The quantitative estimate of drug-likeness (QED) is 0.108. The first-order valence-electron chi connectivity index (χ1n) is 13.5. The fourth-order valence-corrected chi connectivity index (χ4v) is 4.49. The summed E-state index contributed by atoms with van der Waals surface area (Å²) in [4.78, 5) is 41.6. The lowest BCUT2D eigenvalue weighted by Crippen LogP contribution is -2.30. The topological polar surface area (TPSA) is 134 Å². The van der Waals surface area contributed by atoms with Gasteiger partial charge in [0, 0.05) is 0 Å². The molecule has 0 saturated heterocycles. The number of benzene rings is 3. The van der Waals surface area contributed by atoms with Crippen molar-refractivity contribution in [1.29, 1.82) is 0 Å². The number of halogens is 5. The number of amides is 2. The smallest absolute Gasteiger partial charge is 0.280 e. The molecule has 2 aliphatic heterocycles. The highest BCUT2D eigenvalue weighted by Gasteiger charge is 2.37. The predicted octanol–water partition coefficient (Wildman–Crippen LogP) is 6.95. The average Bonchev–Trinajstić information content (AvgIpc) is 3.29. The molecule has 2 amide bonds. The van der Waals surface area contributed by atoms with E-state index < -0.39 is 23.4 Å². The van der Waals surface area contributed by atoms with Gasteiger partial charge in [0.15, 0.2) is 12.3 Å². The molecular weight excluding hydrogens is 699 g/mol. The van der Waals surface area contributed by atoms with Gasteiger partial charge >= 0.3 is 0 Å². The van der Waals surface area contributed by atoms with Crippen LogP contribution in [0.4, 0.5) is 14.5 Å². The van der Waals surface area contributed by atoms with Crippen molar-refractivity contribution in [2.45, 2.75) is 0 Å². The minimum Gasteiger partial charge on any atom is -0.470 e. The molecule has 3 heterocycles. The molecule has 0 bridgehead atoms. The Balaban J connectivity index is 0.000000236. The largest absolute Gasteiger partial charge is 0.470 e. The molecule has 2 aliphatic rings. The highest BCUT2D eigenvalue weighted by Crippen LogP contribution is 2.34. The highest BCUT2D eigenvalue weighted by atomic mass is 35.5. The number of hydrogen-bond donors (Lipinski definition) is 0. The Hall–Kier alpha value is -5.31. The molecule has 0 aliphatic carbocycles. The Kier molecular flexibility index (Phi) is 11.0. The van der Waals surface area contributed by atoms with Gasteiger partial charge in [0.05, 0.1) is 16.3 Å². The van der Waals surface area contributed by atoms with Crippen molar-refractivity contribution in [1.82, 2.24) is 9.97 Å². The number of ether oxygens (including phenoxy) is 3. The van der Waals surface area contributed by atoms with E-state index in [9.17, 15) is 14.0 Å². The van der Waals surface area contributed by atoms with Gasteiger partial charge in [-0.1, -0.05) is 64.2 Å². The molecule has 246 valence electrons. The Bertz CT molecular complexity index is 1920. The number of rotatable bonds is 8. The predicted molar refractivity (Wildman–Crippen MR) is 171 cm³/mol. The van der Waals surface area contributed by atoms with Crippen LogP contribution >= 0.6 is 34.8 Å². The number of hydrogen-bond acceptors (Lipinski definition) is 11. The summed E-state index contributed by atoms with van der Waals surface area (Å²) in [6, 6.07) is 18.2. The van der Waals surface area contributed by atoms with Gasteiger partial charge in [0.1, 0.15) is 47.4 Å². The standard InChI is InChI=1S/C21H16ClFN4O5.C10H4Cl2FNO2/c1-28-26-18(21-27-30-11-10-29-21)13-6-2-4-8-15(13)31-19-17(23)20(25-12-24-19)32-16-9-5-3-7-14(16)22;11-7-8(12)10(16)14(9(7)15)6-3-1-5(13)2-4-6/h2-9,12H,10-11H2,1H3;1-4H/b26-18+;. The van der Waals surface area contributed by atoms with Crippen LogP contribution in [-0.2, 0) is 24.0 Å². The Labute approximate surface area is 285 Å². The second kappa shape index (κ2) is 15.5. The molecule has 1 aromatic heterocycles. The van der Waals surface area contributed by atoms with Crippen LogP contribution in [0.15, 0.2) is 99.5 Å². The molecule has 0 unspecified atom stereocenters. The lowest BCUT2D eigenvalue weighted by molar-refractivity contribution is -0.120. The average molecular weight is 719 g/mol. The van der Waals surface area contributed by atoms with Gasteiger partial charge in [0.25, 0.3) is 29.5 Å². The molecule has 0 atom stereocenters. The maximum Gasteiger partial charge on any atom is 0.280 e. The Morgan fingerprint density at radius 1 is 0.833 bits per heavy atom. The van der Waals surface area contributed by atoms with E-state index in [1.165, 1.54) is 19.2 Å². The van der Waals surface area contributed by atoms with E-state index in [1.807, 2.05) is 0 Å². The summed E-state index contributed by atoms with van der Waals surface area (Å²) in [5.41, 5.74) is 0.834. The summed E-state index contributed by atoms with van der Waals surface area (Å²) in [6.45, 7) is 0.593. The van der Waals surface area contributed by atoms with E-state index in [-0.39, 0.29) is 57.2 Å². The zero-order valence-corrected chi connectivity index (χ0v) is 26.7. The molecule has 48 heavy (non-hydrogen) atoms. The fraction of sp³-hybridized carbons (Fsp3) is 0.0968. The van der Waals surface area contributed by atoms with Crippen LogP contribution < -0.4 is 14.4 Å².